The van der Waals surface area contributed by atoms with Crippen LogP contribution in [0.3, 0.4) is 0 Å². The second-order valence-corrected chi connectivity index (χ2v) is 3.79. The molecule has 3 nitrogen and oxygen atoms in total. The van der Waals surface area contributed by atoms with E-state index in [-0.39, 0.29) is 5.91 Å². The van der Waals surface area contributed by atoms with Gasteiger partial charge in [0.2, 0.25) is 5.91 Å². The molecule has 0 saturated carbocycles. The van der Waals surface area contributed by atoms with Gasteiger partial charge >= 0.3 is 0 Å². The number of nitrogens with one attached hydrogen (secondary N) is 1. The van der Waals surface area contributed by atoms with Gasteiger partial charge in [-0.3, -0.25) is 9.78 Å². The number of amides is 1. The van der Waals surface area contributed by atoms with Gasteiger partial charge in [0.25, 0.3) is 0 Å². The molecular formula is C14H14N2O. The number of carbonyl (C=O) groups excluding carboxylic acids is 1. The molecule has 0 bridgehead atoms. The van der Waals surface area contributed by atoms with E-state index in [0.717, 1.165) is 16.5 Å². The Morgan fingerprint density at radius 2 is 2.29 bits per heavy atom. The average Bonchev–Trinajstić information content (AvgIpc) is 2.34. The van der Waals surface area contributed by atoms with E-state index in [1.807, 2.05) is 42.5 Å². The zero-order valence-electron chi connectivity index (χ0n) is 9.68. The van der Waals surface area contributed by atoms with Crippen molar-refractivity contribution in [2.45, 2.75) is 6.92 Å². The zero-order valence-corrected chi connectivity index (χ0v) is 9.68. The highest BCUT2D eigenvalue weighted by atomic mass is 16.1. The summed E-state index contributed by atoms with van der Waals surface area (Å²) in [6.07, 6.45) is 5.68. The van der Waals surface area contributed by atoms with Crippen LogP contribution in [0.2, 0.25) is 0 Å². The Labute approximate surface area is 100 Å². The first-order valence-corrected chi connectivity index (χ1v) is 5.51. The average molecular weight is 226 g/mol. The summed E-state index contributed by atoms with van der Waals surface area (Å²) in [4.78, 5) is 15.0. The molecule has 86 valence electrons. The zero-order chi connectivity index (χ0) is 12.1. The Kier molecular flexibility index (Phi) is 3.50. The highest BCUT2D eigenvalue weighted by Gasteiger charge is 1.93. The van der Waals surface area contributed by atoms with Crippen molar-refractivity contribution in [3.63, 3.8) is 0 Å². The van der Waals surface area contributed by atoms with Gasteiger partial charge < -0.3 is 5.32 Å². The first-order valence-electron chi connectivity index (χ1n) is 5.51. The van der Waals surface area contributed by atoms with Gasteiger partial charge in [-0.05, 0) is 17.7 Å². The molecule has 2 aromatic rings. The molecule has 0 aliphatic heterocycles. The van der Waals surface area contributed by atoms with E-state index < -0.39 is 0 Å². The maximum Gasteiger partial charge on any atom is 0.217 e. The topological polar surface area (TPSA) is 42.0 Å². The first kappa shape index (κ1) is 11.3. The van der Waals surface area contributed by atoms with Crippen molar-refractivity contribution in [2.24, 2.45) is 0 Å². The van der Waals surface area contributed by atoms with Crippen molar-refractivity contribution in [2.75, 3.05) is 6.54 Å². The maximum atomic E-state index is 10.7. The second kappa shape index (κ2) is 5.25. The van der Waals surface area contributed by atoms with Gasteiger partial charge in [-0.25, -0.2) is 0 Å². The van der Waals surface area contributed by atoms with Crippen LogP contribution in [0.15, 0.2) is 42.6 Å². The van der Waals surface area contributed by atoms with Crippen LogP contribution >= 0.6 is 0 Å². The number of aromatic nitrogens is 1. The van der Waals surface area contributed by atoms with Gasteiger partial charge in [-0.1, -0.05) is 30.4 Å². The monoisotopic (exact) mass is 226 g/mol. The summed E-state index contributed by atoms with van der Waals surface area (Å²) in [5, 5.41) is 3.84. The summed E-state index contributed by atoms with van der Waals surface area (Å²) in [7, 11) is 0. The van der Waals surface area contributed by atoms with E-state index in [4.69, 9.17) is 0 Å². The SMILES string of the molecule is CC(=O)NCC=Cc1ccc2cccnc2c1. The number of fused-ring (bicyclic) bond motifs is 1. The lowest BCUT2D eigenvalue weighted by Gasteiger charge is -1.98. The standard InChI is InChI=1S/C14H14N2O/c1-11(17)15-8-2-4-12-6-7-13-5-3-9-16-14(13)10-12/h2-7,9-10H,8H2,1H3,(H,15,17). The van der Waals surface area contributed by atoms with E-state index in [2.05, 4.69) is 10.3 Å². The molecular weight excluding hydrogens is 212 g/mol. The number of pyridine rings is 1. The molecule has 2 rings (SSSR count). The third kappa shape index (κ3) is 3.14. The van der Waals surface area contributed by atoms with E-state index in [1.54, 1.807) is 6.20 Å². The number of carbonyl (C=O) groups is 1. The van der Waals surface area contributed by atoms with Crippen LogP contribution in [-0.4, -0.2) is 17.4 Å². The van der Waals surface area contributed by atoms with Crippen molar-refractivity contribution in [1.29, 1.82) is 0 Å². The highest BCUT2D eigenvalue weighted by molar-refractivity contribution is 5.80. The van der Waals surface area contributed by atoms with Crippen molar-refractivity contribution < 1.29 is 4.79 Å². The lowest BCUT2D eigenvalue weighted by Crippen LogP contribution is -2.19. The number of hydrogen-bond acceptors (Lipinski definition) is 2. The van der Waals surface area contributed by atoms with Crippen LogP contribution in [0.5, 0.6) is 0 Å². The van der Waals surface area contributed by atoms with Gasteiger partial charge in [0.05, 0.1) is 5.52 Å². The van der Waals surface area contributed by atoms with E-state index in [0.29, 0.717) is 6.54 Å². The smallest absolute Gasteiger partial charge is 0.217 e. The predicted octanol–water partition coefficient (Wildman–Crippen LogP) is 2.38. The molecule has 1 N–H and O–H groups in total. The third-order valence-corrected chi connectivity index (χ3v) is 2.41. The maximum absolute atomic E-state index is 10.7. The van der Waals surface area contributed by atoms with Gasteiger partial charge in [-0.15, -0.1) is 0 Å². The second-order valence-electron chi connectivity index (χ2n) is 3.79. The summed E-state index contributed by atoms with van der Waals surface area (Å²) in [6.45, 7) is 2.06. The quantitative estimate of drug-likeness (QED) is 0.873. The minimum Gasteiger partial charge on any atom is -0.353 e. The number of nitrogens with zero attached hydrogens (tertiary/aromatic N) is 1. The summed E-state index contributed by atoms with van der Waals surface area (Å²) < 4.78 is 0. The molecule has 0 spiro atoms. The molecule has 0 atom stereocenters. The van der Waals surface area contributed by atoms with E-state index in [9.17, 15) is 4.79 Å². The Balaban J connectivity index is 2.11. The van der Waals surface area contributed by atoms with Crippen LogP contribution in [0.25, 0.3) is 17.0 Å². The molecule has 0 aliphatic carbocycles. The molecule has 0 unspecified atom stereocenters. The Hall–Kier alpha value is -2.16. The minimum absolute atomic E-state index is 0.0187. The largest absolute Gasteiger partial charge is 0.353 e. The fourth-order valence-electron chi connectivity index (χ4n) is 1.58. The van der Waals surface area contributed by atoms with Crippen LogP contribution < -0.4 is 5.32 Å². The van der Waals surface area contributed by atoms with Crippen LogP contribution in [-0.2, 0) is 4.79 Å². The Morgan fingerprint density at radius 3 is 3.12 bits per heavy atom. The normalized spacial score (nSPS) is 10.9. The highest BCUT2D eigenvalue weighted by Crippen LogP contribution is 2.13. The molecule has 0 radical (unpaired) electrons. The predicted molar refractivity (Wildman–Crippen MR) is 69.5 cm³/mol. The lowest BCUT2D eigenvalue weighted by atomic mass is 10.1. The molecule has 0 fully saturated rings. The minimum atomic E-state index is -0.0187. The number of benzene rings is 1. The summed E-state index contributed by atoms with van der Waals surface area (Å²) in [5.74, 6) is -0.0187. The molecule has 1 aromatic heterocycles. The lowest BCUT2D eigenvalue weighted by molar-refractivity contribution is -0.118. The van der Waals surface area contributed by atoms with Gasteiger partial charge in [0.15, 0.2) is 0 Å². The molecule has 1 heterocycles. The fraction of sp³-hybridized carbons (Fsp3) is 0.143. The van der Waals surface area contributed by atoms with E-state index in [1.165, 1.54) is 6.92 Å². The van der Waals surface area contributed by atoms with Gasteiger partial charge in [0, 0.05) is 25.1 Å². The third-order valence-electron chi connectivity index (χ3n) is 2.41. The van der Waals surface area contributed by atoms with Crippen molar-refractivity contribution in [1.82, 2.24) is 10.3 Å². The summed E-state index contributed by atoms with van der Waals surface area (Å²) in [5.41, 5.74) is 2.07. The van der Waals surface area contributed by atoms with Crippen LogP contribution in [0, 0.1) is 0 Å². The Morgan fingerprint density at radius 1 is 1.41 bits per heavy atom. The summed E-state index contributed by atoms with van der Waals surface area (Å²) in [6, 6.07) is 10.1. The van der Waals surface area contributed by atoms with Crippen LogP contribution in [0.1, 0.15) is 12.5 Å². The van der Waals surface area contributed by atoms with Gasteiger partial charge in [0.1, 0.15) is 0 Å². The van der Waals surface area contributed by atoms with Crippen molar-refractivity contribution in [3.8, 4) is 0 Å². The van der Waals surface area contributed by atoms with Crippen molar-refractivity contribution >= 4 is 22.9 Å². The van der Waals surface area contributed by atoms with Crippen LogP contribution in [0.4, 0.5) is 0 Å². The first-order chi connectivity index (χ1) is 8.25. The van der Waals surface area contributed by atoms with Crippen molar-refractivity contribution in [3.05, 3.63) is 48.2 Å². The molecule has 1 aromatic carbocycles. The molecule has 0 saturated heterocycles. The molecule has 0 aliphatic rings. The van der Waals surface area contributed by atoms with Gasteiger partial charge in [-0.2, -0.15) is 0 Å². The number of hydrogen-bond donors (Lipinski definition) is 1. The summed E-state index contributed by atoms with van der Waals surface area (Å²) >= 11 is 0. The van der Waals surface area contributed by atoms with E-state index >= 15 is 0 Å². The Bertz CT molecular complexity index is 561. The molecule has 3 heteroatoms. The number of rotatable bonds is 3. The molecule has 1 amide bonds. The molecule has 17 heavy (non-hydrogen) atoms. The fourth-order valence-corrected chi connectivity index (χ4v) is 1.58.